The summed E-state index contributed by atoms with van der Waals surface area (Å²) in [5.74, 6) is 0.410. The van der Waals surface area contributed by atoms with E-state index in [2.05, 4.69) is 25.2 Å². The lowest BCUT2D eigenvalue weighted by molar-refractivity contribution is -0.386. The molecule has 1 fully saturated rings. The van der Waals surface area contributed by atoms with Crippen LogP contribution in [0.25, 0.3) is 5.57 Å². The molecule has 1 aliphatic carbocycles. The largest absolute Gasteiger partial charge is 0.483 e. The van der Waals surface area contributed by atoms with Crippen LogP contribution < -0.4 is 10.1 Å². The van der Waals surface area contributed by atoms with Gasteiger partial charge in [0, 0.05) is 18.2 Å². The highest BCUT2D eigenvalue weighted by atomic mass is 16.6. The van der Waals surface area contributed by atoms with E-state index in [1.165, 1.54) is 5.57 Å². The zero-order valence-corrected chi connectivity index (χ0v) is 13.3. The lowest BCUT2D eigenvalue weighted by Gasteiger charge is -2.27. The Morgan fingerprint density at radius 3 is 2.64 bits per heavy atom. The maximum absolute atomic E-state index is 11.3. The first-order valence-electron chi connectivity index (χ1n) is 7.87. The molecule has 22 heavy (non-hydrogen) atoms. The Morgan fingerprint density at radius 2 is 2.05 bits per heavy atom. The Kier molecular flexibility index (Phi) is 3.91. The molecule has 1 aliphatic heterocycles. The van der Waals surface area contributed by atoms with E-state index in [4.69, 9.17) is 4.74 Å². The van der Waals surface area contributed by atoms with Gasteiger partial charge in [0.1, 0.15) is 0 Å². The van der Waals surface area contributed by atoms with Crippen molar-refractivity contribution >= 4 is 11.3 Å². The molecule has 1 saturated carbocycles. The normalized spacial score (nSPS) is 24.8. The molecular weight excluding hydrogens is 280 g/mol. The van der Waals surface area contributed by atoms with Gasteiger partial charge >= 0.3 is 5.69 Å². The van der Waals surface area contributed by atoms with E-state index >= 15 is 0 Å². The van der Waals surface area contributed by atoms with Gasteiger partial charge in [-0.1, -0.05) is 6.08 Å². The van der Waals surface area contributed by atoms with Gasteiger partial charge < -0.3 is 10.1 Å². The van der Waals surface area contributed by atoms with Crippen LogP contribution in [0.15, 0.2) is 18.2 Å². The van der Waals surface area contributed by atoms with Gasteiger partial charge in [0.05, 0.1) is 11.0 Å². The Hall–Kier alpha value is -1.88. The maximum atomic E-state index is 11.3. The van der Waals surface area contributed by atoms with E-state index in [0.29, 0.717) is 17.8 Å². The molecule has 3 rings (SSSR count). The standard InChI is InChI=1S/C17H22N2O3/c1-10-6-16(19(20)21)17(22-14-4-5-14)9-15(10)13-7-11(2)18-12(3)8-13/h6-7,9,11-12,14,18H,4-5,8H2,1-3H3. The fraction of sp³-hybridized carbons (Fsp3) is 0.529. The summed E-state index contributed by atoms with van der Waals surface area (Å²) in [5.41, 5.74) is 3.32. The fourth-order valence-corrected chi connectivity index (χ4v) is 3.08. The zero-order valence-electron chi connectivity index (χ0n) is 13.3. The molecule has 1 heterocycles. The first kappa shape index (κ1) is 15.0. The van der Waals surface area contributed by atoms with E-state index in [1.54, 1.807) is 6.07 Å². The molecule has 0 spiro atoms. The number of hydrogen-bond acceptors (Lipinski definition) is 4. The van der Waals surface area contributed by atoms with Crippen LogP contribution in [0, 0.1) is 17.0 Å². The molecule has 2 unspecified atom stereocenters. The van der Waals surface area contributed by atoms with E-state index in [-0.39, 0.29) is 16.7 Å². The molecular formula is C17H22N2O3. The Labute approximate surface area is 130 Å². The number of rotatable bonds is 4. The van der Waals surface area contributed by atoms with Crippen molar-refractivity contribution in [2.75, 3.05) is 0 Å². The SMILES string of the molecule is Cc1cc([N+](=O)[O-])c(OC2CC2)cc1C1=CC(C)NC(C)C1. The molecule has 2 atom stereocenters. The highest BCUT2D eigenvalue weighted by Gasteiger charge is 2.29. The Bertz CT molecular complexity index is 635. The van der Waals surface area contributed by atoms with Crippen LogP contribution in [0.1, 0.15) is 44.2 Å². The fourth-order valence-electron chi connectivity index (χ4n) is 3.08. The Balaban J connectivity index is 2.02. The van der Waals surface area contributed by atoms with Gasteiger partial charge in [-0.15, -0.1) is 0 Å². The average Bonchev–Trinajstić information content (AvgIpc) is 3.23. The first-order valence-corrected chi connectivity index (χ1v) is 7.87. The number of nitro benzene ring substituents is 1. The molecule has 0 saturated heterocycles. The van der Waals surface area contributed by atoms with Crippen LogP contribution >= 0.6 is 0 Å². The van der Waals surface area contributed by atoms with E-state index in [9.17, 15) is 10.1 Å². The summed E-state index contributed by atoms with van der Waals surface area (Å²) in [6.45, 7) is 6.21. The van der Waals surface area contributed by atoms with Gasteiger partial charge in [-0.25, -0.2) is 0 Å². The van der Waals surface area contributed by atoms with Crippen molar-refractivity contribution in [2.45, 2.75) is 58.2 Å². The van der Waals surface area contributed by atoms with Gasteiger partial charge in [0.2, 0.25) is 0 Å². The monoisotopic (exact) mass is 302 g/mol. The first-order chi connectivity index (χ1) is 10.4. The number of nitrogens with one attached hydrogen (secondary N) is 1. The molecule has 0 aromatic heterocycles. The smallest absolute Gasteiger partial charge is 0.311 e. The van der Waals surface area contributed by atoms with Crippen LogP contribution in [0.2, 0.25) is 0 Å². The number of nitro groups is 1. The number of hydrogen-bond donors (Lipinski definition) is 1. The summed E-state index contributed by atoms with van der Waals surface area (Å²) >= 11 is 0. The van der Waals surface area contributed by atoms with Crippen molar-refractivity contribution < 1.29 is 9.66 Å². The lowest BCUT2D eigenvalue weighted by atomic mass is 9.90. The molecule has 118 valence electrons. The van der Waals surface area contributed by atoms with Crippen molar-refractivity contribution in [1.29, 1.82) is 0 Å². The van der Waals surface area contributed by atoms with Crippen molar-refractivity contribution in [1.82, 2.24) is 5.32 Å². The summed E-state index contributed by atoms with van der Waals surface area (Å²) < 4.78 is 5.77. The van der Waals surface area contributed by atoms with Crippen LogP contribution in [0.4, 0.5) is 5.69 Å². The third-order valence-corrected chi connectivity index (χ3v) is 4.19. The molecule has 0 bridgehead atoms. The minimum Gasteiger partial charge on any atom is -0.483 e. The molecule has 5 nitrogen and oxygen atoms in total. The number of nitrogens with zero attached hydrogens (tertiary/aromatic N) is 1. The van der Waals surface area contributed by atoms with Gasteiger partial charge in [-0.3, -0.25) is 10.1 Å². The number of benzene rings is 1. The summed E-state index contributed by atoms with van der Waals surface area (Å²) in [6, 6.07) is 4.21. The van der Waals surface area contributed by atoms with Crippen molar-refractivity contribution in [3.05, 3.63) is 39.4 Å². The third-order valence-electron chi connectivity index (χ3n) is 4.19. The summed E-state index contributed by atoms with van der Waals surface area (Å²) in [5, 5.41) is 14.7. The molecule has 2 aliphatic rings. The predicted molar refractivity (Wildman–Crippen MR) is 86.1 cm³/mol. The summed E-state index contributed by atoms with van der Waals surface area (Å²) in [6.07, 6.45) is 5.25. The molecule has 1 aromatic carbocycles. The summed E-state index contributed by atoms with van der Waals surface area (Å²) in [4.78, 5) is 10.9. The van der Waals surface area contributed by atoms with Crippen LogP contribution in [0.5, 0.6) is 5.75 Å². The quantitative estimate of drug-likeness (QED) is 0.682. The van der Waals surface area contributed by atoms with Crippen LogP contribution in [-0.4, -0.2) is 23.1 Å². The van der Waals surface area contributed by atoms with Gasteiger partial charge in [0.25, 0.3) is 0 Å². The summed E-state index contributed by atoms with van der Waals surface area (Å²) in [7, 11) is 0. The third kappa shape index (κ3) is 3.14. The van der Waals surface area contributed by atoms with E-state index < -0.39 is 0 Å². The zero-order chi connectivity index (χ0) is 15.9. The van der Waals surface area contributed by atoms with Crippen molar-refractivity contribution in [2.24, 2.45) is 0 Å². The van der Waals surface area contributed by atoms with Crippen LogP contribution in [0.3, 0.4) is 0 Å². The molecule has 0 radical (unpaired) electrons. The minimum absolute atomic E-state index is 0.0729. The lowest BCUT2D eigenvalue weighted by Crippen LogP contribution is -2.36. The van der Waals surface area contributed by atoms with Crippen molar-refractivity contribution in [3.63, 3.8) is 0 Å². The number of ether oxygens (including phenoxy) is 1. The topological polar surface area (TPSA) is 64.4 Å². The minimum atomic E-state index is -0.351. The highest BCUT2D eigenvalue weighted by molar-refractivity contribution is 5.73. The molecule has 0 amide bonds. The maximum Gasteiger partial charge on any atom is 0.311 e. The Morgan fingerprint density at radius 1 is 1.32 bits per heavy atom. The molecule has 5 heteroatoms. The molecule has 1 aromatic rings. The molecule has 1 N–H and O–H groups in total. The van der Waals surface area contributed by atoms with Crippen LogP contribution in [-0.2, 0) is 0 Å². The average molecular weight is 302 g/mol. The number of aryl methyl sites for hydroxylation is 1. The second kappa shape index (κ2) is 5.72. The van der Waals surface area contributed by atoms with Gasteiger partial charge in [0.15, 0.2) is 5.75 Å². The van der Waals surface area contributed by atoms with Gasteiger partial charge in [-0.2, -0.15) is 0 Å². The predicted octanol–water partition coefficient (Wildman–Crippen LogP) is 3.60. The highest BCUT2D eigenvalue weighted by Crippen LogP contribution is 2.38. The van der Waals surface area contributed by atoms with Crippen molar-refractivity contribution in [3.8, 4) is 5.75 Å². The second-order valence-electron chi connectivity index (χ2n) is 6.46. The van der Waals surface area contributed by atoms with Gasteiger partial charge in [-0.05, 0) is 62.8 Å². The van der Waals surface area contributed by atoms with E-state index in [1.807, 2.05) is 13.0 Å². The second-order valence-corrected chi connectivity index (χ2v) is 6.46. The van der Waals surface area contributed by atoms with E-state index in [0.717, 1.165) is 30.4 Å².